The van der Waals surface area contributed by atoms with Crippen molar-refractivity contribution in [3.8, 4) is 0 Å². The standard InChI is InChI=1S/C17H21N3O2/c1-12(18)15-8-9-16(22-15)17(21)19-13-4-6-14(7-5-13)20-10-2-3-11-20/h4-9,12H,2-3,10-11,18H2,1H3,(H,19,21). The SMILES string of the molecule is CC(N)c1ccc(C(=O)Nc2ccc(N3CCCC3)cc2)o1. The van der Waals surface area contributed by atoms with E-state index < -0.39 is 0 Å². The first-order chi connectivity index (χ1) is 10.6. The van der Waals surface area contributed by atoms with Crippen molar-refractivity contribution in [3.63, 3.8) is 0 Å². The van der Waals surface area contributed by atoms with E-state index >= 15 is 0 Å². The second-order valence-corrected chi connectivity index (χ2v) is 5.69. The molecule has 0 saturated carbocycles. The number of amides is 1. The molecule has 1 aliphatic heterocycles. The molecule has 1 aromatic carbocycles. The van der Waals surface area contributed by atoms with Gasteiger partial charge in [-0.25, -0.2) is 0 Å². The Labute approximate surface area is 130 Å². The van der Waals surface area contributed by atoms with Crippen LogP contribution in [0.15, 0.2) is 40.8 Å². The average molecular weight is 299 g/mol. The van der Waals surface area contributed by atoms with Crippen molar-refractivity contribution in [3.05, 3.63) is 47.9 Å². The number of carbonyl (C=O) groups excluding carboxylic acids is 1. The van der Waals surface area contributed by atoms with E-state index in [9.17, 15) is 4.79 Å². The Morgan fingerprint density at radius 2 is 1.86 bits per heavy atom. The van der Waals surface area contributed by atoms with E-state index in [-0.39, 0.29) is 17.7 Å². The molecule has 0 aliphatic carbocycles. The van der Waals surface area contributed by atoms with Crippen LogP contribution in [0, 0.1) is 0 Å². The molecular weight excluding hydrogens is 278 g/mol. The first-order valence-electron chi connectivity index (χ1n) is 7.65. The molecule has 5 nitrogen and oxygen atoms in total. The van der Waals surface area contributed by atoms with Crippen LogP contribution in [0.5, 0.6) is 0 Å². The topological polar surface area (TPSA) is 71.5 Å². The van der Waals surface area contributed by atoms with Crippen molar-refractivity contribution in [2.45, 2.75) is 25.8 Å². The van der Waals surface area contributed by atoms with E-state index in [0.717, 1.165) is 18.8 Å². The summed E-state index contributed by atoms with van der Waals surface area (Å²) in [4.78, 5) is 14.5. The normalized spacial score (nSPS) is 15.8. The Balaban J connectivity index is 1.65. The summed E-state index contributed by atoms with van der Waals surface area (Å²) in [5.74, 6) is 0.617. The predicted octanol–water partition coefficient (Wildman–Crippen LogP) is 3.15. The van der Waals surface area contributed by atoms with Crippen molar-refractivity contribution >= 4 is 17.3 Å². The van der Waals surface area contributed by atoms with Gasteiger partial charge in [0.1, 0.15) is 5.76 Å². The van der Waals surface area contributed by atoms with Crippen molar-refractivity contribution in [2.75, 3.05) is 23.3 Å². The van der Waals surface area contributed by atoms with Gasteiger partial charge in [0.25, 0.3) is 5.91 Å². The van der Waals surface area contributed by atoms with Crippen LogP contribution >= 0.6 is 0 Å². The highest BCUT2D eigenvalue weighted by molar-refractivity contribution is 6.02. The van der Waals surface area contributed by atoms with E-state index in [1.807, 2.05) is 31.2 Å². The van der Waals surface area contributed by atoms with Crippen LogP contribution in [0.4, 0.5) is 11.4 Å². The second kappa shape index (κ2) is 6.23. The molecule has 0 bridgehead atoms. The fraction of sp³-hybridized carbons (Fsp3) is 0.353. The lowest BCUT2D eigenvalue weighted by molar-refractivity contribution is 0.0994. The summed E-state index contributed by atoms with van der Waals surface area (Å²) >= 11 is 0. The fourth-order valence-corrected chi connectivity index (χ4v) is 2.64. The lowest BCUT2D eigenvalue weighted by atomic mass is 10.2. The van der Waals surface area contributed by atoms with Gasteiger partial charge in [-0.05, 0) is 56.2 Å². The van der Waals surface area contributed by atoms with Gasteiger partial charge >= 0.3 is 0 Å². The zero-order valence-corrected chi connectivity index (χ0v) is 12.7. The number of hydrogen-bond acceptors (Lipinski definition) is 4. The van der Waals surface area contributed by atoms with Crippen LogP contribution in [0.25, 0.3) is 0 Å². The van der Waals surface area contributed by atoms with Gasteiger partial charge < -0.3 is 20.4 Å². The molecular formula is C17H21N3O2. The largest absolute Gasteiger partial charge is 0.454 e. The number of anilines is 2. The number of rotatable bonds is 4. The Morgan fingerprint density at radius 1 is 1.18 bits per heavy atom. The number of nitrogens with zero attached hydrogens (tertiary/aromatic N) is 1. The summed E-state index contributed by atoms with van der Waals surface area (Å²) in [7, 11) is 0. The highest BCUT2D eigenvalue weighted by Gasteiger charge is 2.14. The van der Waals surface area contributed by atoms with Gasteiger partial charge in [0.15, 0.2) is 5.76 Å². The summed E-state index contributed by atoms with van der Waals surface area (Å²) in [5, 5.41) is 2.84. The van der Waals surface area contributed by atoms with Crippen molar-refractivity contribution in [1.29, 1.82) is 0 Å². The molecule has 22 heavy (non-hydrogen) atoms. The molecule has 116 valence electrons. The van der Waals surface area contributed by atoms with Gasteiger partial charge in [-0.2, -0.15) is 0 Å². The van der Waals surface area contributed by atoms with Crippen molar-refractivity contribution < 1.29 is 9.21 Å². The number of benzene rings is 1. The Hall–Kier alpha value is -2.27. The molecule has 5 heteroatoms. The van der Waals surface area contributed by atoms with Crippen LogP contribution in [-0.4, -0.2) is 19.0 Å². The van der Waals surface area contributed by atoms with E-state index in [0.29, 0.717) is 5.76 Å². The fourth-order valence-electron chi connectivity index (χ4n) is 2.64. The summed E-state index contributed by atoms with van der Waals surface area (Å²) in [6.45, 7) is 4.04. The molecule has 0 radical (unpaired) electrons. The molecule has 2 aromatic rings. The van der Waals surface area contributed by atoms with Gasteiger partial charge in [-0.3, -0.25) is 4.79 Å². The van der Waals surface area contributed by atoms with Crippen LogP contribution in [-0.2, 0) is 0 Å². The molecule has 1 saturated heterocycles. The molecule has 1 aromatic heterocycles. The Bertz CT molecular complexity index is 640. The minimum Gasteiger partial charge on any atom is -0.454 e. The molecule has 0 spiro atoms. The highest BCUT2D eigenvalue weighted by Crippen LogP contribution is 2.22. The molecule has 1 unspecified atom stereocenters. The third-order valence-corrected chi connectivity index (χ3v) is 3.90. The maximum absolute atomic E-state index is 12.1. The van der Waals surface area contributed by atoms with Gasteiger partial charge in [-0.1, -0.05) is 0 Å². The summed E-state index contributed by atoms with van der Waals surface area (Å²) in [6.07, 6.45) is 2.50. The third kappa shape index (κ3) is 3.14. The second-order valence-electron chi connectivity index (χ2n) is 5.69. The first kappa shape index (κ1) is 14.7. The summed E-state index contributed by atoms with van der Waals surface area (Å²) in [6, 6.07) is 11.1. The van der Waals surface area contributed by atoms with Crippen LogP contribution in [0.2, 0.25) is 0 Å². The van der Waals surface area contributed by atoms with Crippen LogP contribution in [0.3, 0.4) is 0 Å². The summed E-state index contributed by atoms with van der Waals surface area (Å²) in [5.41, 5.74) is 7.68. The third-order valence-electron chi connectivity index (χ3n) is 3.90. The number of furan rings is 1. The van der Waals surface area contributed by atoms with Crippen molar-refractivity contribution in [1.82, 2.24) is 0 Å². The minimum atomic E-state index is -0.263. The molecule has 1 amide bonds. The number of hydrogen-bond donors (Lipinski definition) is 2. The van der Waals surface area contributed by atoms with Crippen LogP contribution in [0.1, 0.15) is 42.1 Å². The Morgan fingerprint density at radius 3 is 2.45 bits per heavy atom. The van der Waals surface area contributed by atoms with E-state index in [4.69, 9.17) is 10.2 Å². The summed E-state index contributed by atoms with van der Waals surface area (Å²) < 4.78 is 5.44. The maximum Gasteiger partial charge on any atom is 0.291 e. The molecule has 1 atom stereocenters. The smallest absolute Gasteiger partial charge is 0.291 e. The van der Waals surface area contributed by atoms with Gasteiger partial charge in [0.2, 0.25) is 0 Å². The predicted molar refractivity (Wildman–Crippen MR) is 87.2 cm³/mol. The average Bonchev–Trinajstić information content (AvgIpc) is 3.20. The zero-order chi connectivity index (χ0) is 15.5. The van der Waals surface area contributed by atoms with Gasteiger partial charge in [-0.15, -0.1) is 0 Å². The Kier molecular flexibility index (Phi) is 4.15. The maximum atomic E-state index is 12.1. The van der Waals surface area contributed by atoms with E-state index in [2.05, 4.69) is 10.2 Å². The zero-order valence-electron chi connectivity index (χ0n) is 12.7. The van der Waals surface area contributed by atoms with Crippen molar-refractivity contribution in [2.24, 2.45) is 5.73 Å². The van der Waals surface area contributed by atoms with Gasteiger partial charge in [0, 0.05) is 24.5 Å². The number of nitrogens with two attached hydrogens (primary N) is 1. The molecule has 1 aliphatic rings. The van der Waals surface area contributed by atoms with Gasteiger partial charge in [0.05, 0.1) is 6.04 Å². The number of carbonyl (C=O) groups is 1. The number of nitrogens with one attached hydrogen (secondary N) is 1. The van der Waals surface area contributed by atoms with Crippen LogP contribution < -0.4 is 16.0 Å². The minimum absolute atomic E-state index is 0.221. The highest BCUT2D eigenvalue weighted by atomic mass is 16.4. The van der Waals surface area contributed by atoms with E-state index in [1.165, 1.54) is 18.5 Å². The molecule has 2 heterocycles. The molecule has 1 fully saturated rings. The molecule has 3 N–H and O–H groups in total. The first-order valence-corrected chi connectivity index (χ1v) is 7.65. The molecule has 3 rings (SSSR count). The van der Waals surface area contributed by atoms with E-state index in [1.54, 1.807) is 12.1 Å². The monoisotopic (exact) mass is 299 g/mol. The quantitative estimate of drug-likeness (QED) is 0.909. The lowest BCUT2D eigenvalue weighted by Crippen LogP contribution is -2.17. The lowest BCUT2D eigenvalue weighted by Gasteiger charge is -2.17.